The Kier molecular flexibility index (Phi) is 5.73. The third-order valence-electron chi connectivity index (χ3n) is 3.99. The monoisotopic (exact) mass is 278 g/mol. The zero-order chi connectivity index (χ0) is 14.4. The van der Waals surface area contributed by atoms with Gasteiger partial charge in [0.2, 0.25) is 5.95 Å². The highest BCUT2D eigenvalue weighted by molar-refractivity contribution is 5.28. The molecule has 1 fully saturated rings. The molecule has 112 valence electrons. The van der Waals surface area contributed by atoms with Gasteiger partial charge in [-0.1, -0.05) is 6.92 Å². The van der Waals surface area contributed by atoms with E-state index >= 15 is 0 Å². The van der Waals surface area contributed by atoms with Crippen LogP contribution in [0.1, 0.15) is 25.3 Å². The molecule has 5 nitrogen and oxygen atoms in total. The fourth-order valence-electron chi connectivity index (χ4n) is 2.84. The Morgan fingerprint density at radius 2 is 2.15 bits per heavy atom. The van der Waals surface area contributed by atoms with Gasteiger partial charge >= 0.3 is 0 Å². The van der Waals surface area contributed by atoms with Crippen LogP contribution in [0.2, 0.25) is 0 Å². The fourth-order valence-corrected chi connectivity index (χ4v) is 2.84. The van der Waals surface area contributed by atoms with Gasteiger partial charge < -0.3 is 14.9 Å². The molecule has 2 heterocycles. The van der Waals surface area contributed by atoms with Crippen LogP contribution in [0.15, 0.2) is 12.4 Å². The third-order valence-corrected chi connectivity index (χ3v) is 3.99. The molecule has 0 aliphatic carbocycles. The number of nitrogens with zero attached hydrogens (tertiary/aromatic N) is 4. The third kappa shape index (κ3) is 4.15. The van der Waals surface area contributed by atoms with Gasteiger partial charge in [0.1, 0.15) is 0 Å². The molecule has 5 heteroatoms. The largest absolute Gasteiger partial charge is 0.395 e. The van der Waals surface area contributed by atoms with E-state index in [4.69, 9.17) is 5.11 Å². The predicted octanol–water partition coefficient (Wildman–Crippen LogP) is 1.18. The molecule has 0 aromatic carbocycles. The molecule has 1 saturated heterocycles. The van der Waals surface area contributed by atoms with Gasteiger partial charge in [-0.25, -0.2) is 9.97 Å². The number of aryl methyl sites for hydroxylation is 1. The molecule has 0 radical (unpaired) electrons. The summed E-state index contributed by atoms with van der Waals surface area (Å²) in [6.07, 6.45) is 7.27. The summed E-state index contributed by atoms with van der Waals surface area (Å²) in [5.74, 6) is 1.44. The number of hydrogen-bond donors (Lipinski definition) is 1. The number of aromatic nitrogens is 2. The summed E-state index contributed by atoms with van der Waals surface area (Å²) >= 11 is 0. The smallest absolute Gasteiger partial charge is 0.225 e. The number of likely N-dealkylation sites (tertiary alicyclic amines) is 1. The van der Waals surface area contributed by atoms with E-state index in [1.54, 1.807) is 0 Å². The lowest BCUT2D eigenvalue weighted by molar-refractivity contribution is 0.142. The van der Waals surface area contributed by atoms with Crippen molar-refractivity contribution in [3.05, 3.63) is 18.0 Å². The Labute approximate surface area is 121 Å². The Balaban J connectivity index is 1.87. The average molecular weight is 278 g/mol. The maximum atomic E-state index is 9.04. The highest BCUT2D eigenvalue weighted by Crippen LogP contribution is 2.18. The number of rotatable bonds is 6. The Hall–Kier alpha value is -1.20. The van der Waals surface area contributed by atoms with Gasteiger partial charge in [-0.05, 0) is 37.3 Å². The van der Waals surface area contributed by atoms with E-state index in [0.29, 0.717) is 5.92 Å². The number of hydrogen-bond acceptors (Lipinski definition) is 5. The van der Waals surface area contributed by atoms with Crippen molar-refractivity contribution in [2.24, 2.45) is 5.92 Å². The number of piperidine rings is 1. The van der Waals surface area contributed by atoms with Crippen molar-refractivity contribution in [1.82, 2.24) is 14.9 Å². The van der Waals surface area contributed by atoms with E-state index in [2.05, 4.69) is 33.7 Å². The quantitative estimate of drug-likeness (QED) is 0.847. The SMILES string of the molecule is CCc1cnc(N(C)C[C@@H]2CCCN(CCO)C2)nc1. The van der Waals surface area contributed by atoms with Crippen molar-refractivity contribution < 1.29 is 5.11 Å². The summed E-state index contributed by atoms with van der Waals surface area (Å²) in [6, 6.07) is 0. The highest BCUT2D eigenvalue weighted by Gasteiger charge is 2.21. The second-order valence-electron chi connectivity index (χ2n) is 5.66. The van der Waals surface area contributed by atoms with E-state index in [9.17, 15) is 0 Å². The average Bonchev–Trinajstić information content (AvgIpc) is 2.48. The molecule has 1 N–H and O–H groups in total. The summed E-state index contributed by atoms with van der Waals surface area (Å²) in [5, 5.41) is 9.04. The zero-order valence-electron chi connectivity index (χ0n) is 12.6. The van der Waals surface area contributed by atoms with Crippen LogP contribution in [0.5, 0.6) is 0 Å². The lowest BCUT2D eigenvalue weighted by Crippen LogP contribution is -2.41. The molecule has 0 spiro atoms. The van der Waals surface area contributed by atoms with Crippen molar-refractivity contribution >= 4 is 5.95 Å². The minimum atomic E-state index is 0.254. The molecule has 1 atom stereocenters. The summed E-state index contributed by atoms with van der Waals surface area (Å²) in [5.41, 5.74) is 1.17. The van der Waals surface area contributed by atoms with Gasteiger partial charge in [-0.3, -0.25) is 0 Å². The van der Waals surface area contributed by atoms with E-state index in [-0.39, 0.29) is 6.61 Å². The fraction of sp³-hybridized carbons (Fsp3) is 0.733. The molecule has 1 aromatic heterocycles. The van der Waals surface area contributed by atoms with E-state index in [1.807, 2.05) is 12.4 Å². The zero-order valence-corrected chi connectivity index (χ0v) is 12.6. The second-order valence-corrected chi connectivity index (χ2v) is 5.66. The molecule has 0 amide bonds. The maximum Gasteiger partial charge on any atom is 0.225 e. The standard InChI is InChI=1S/C15H26N4O/c1-3-13-9-16-15(17-10-13)18(2)11-14-5-4-6-19(12-14)7-8-20/h9-10,14,20H,3-8,11-12H2,1-2H3/t14-/m0/s1. The molecule has 1 aliphatic heterocycles. The van der Waals surface area contributed by atoms with Crippen LogP contribution in [-0.4, -0.2) is 59.8 Å². The van der Waals surface area contributed by atoms with Gasteiger partial charge in [0.25, 0.3) is 0 Å². The van der Waals surface area contributed by atoms with Crippen molar-refractivity contribution in [2.45, 2.75) is 26.2 Å². The first-order valence-electron chi connectivity index (χ1n) is 7.58. The number of anilines is 1. The molecule has 2 rings (SSSR count). The number of aliphatic hydroxyl groups is 1. The molecule has 0 saturated carbocycles. The first-order chi connectivity index (χ1) is 9.72. The van der Waals surface area contributed by atoms with Crippen molar-refractivity contribution in [3.63, 3.8) is 0 Å². The minimum absolute atomic E-state index is 0.254. The summed E-state index contributed by atoms with van der Waals surface area (Å²) in [6.45, 7) is 6.32. The van der Waals surface area contributed by atoms with Gasteiger partial charge in [-0.2, -0.15) is 0 Å². The summed E-state index contributed by atoms with van der Waals surface area (Å²) in [4.78, 5) is 13.4. The van der Waals surface area contributed by atoms with Crippen LogP contribution >= 0.6 is 0 Å². The topological polar surface area (TPSA) is 52.5 Å². The first-order valence-corrected chi connectivity index (χ1v) is 7.58. The second kappa shape index (κ2) is 7.55. The lowest BCUT2D eigenvalue weighted by atomic mass is 9.97. The molecule has 20 heavy (non-hydrogen) atoms. The van der Waals surface area contributed by atoms with Gasteiger partial charge in [0, 0.05) is 39.1 Å². The molecular weight excluding hydrogens is 252 g/mol. The van der Waals surface area contributed by atoms with Crippen LogP contribution in [0.3, 0.4) is 0 Å². The lowest BCUT2D eigenvalue weighted by Gasteiger charge is -2.34. The van der Waals surface area contributed by atoms with Crippen LogP contribution in [0.25, 0.3) is 0 Å². The molecule has 0 bridgehead atoms. The van der Waals surface area contributed by atoms with E-state index < -0.39 is 0 Å². The van der Waals surface area contributed by atoms with Crippen LogP contribution in [-0.2, 0) is 6.42 Å². The Bertz CT molecular complexity index is 393. The van der Waals surface area contributed by atoms with Crippen LogP contribution < -0.4 is 4.90 Å². The minimum Gasteiger partial charge on any atom is -0.395 e. The first kappa shape index (κ1) is 15.2. The van der Waals surface area contributed by atoms with E-state index in [1.165, 1.54) is 18.4 Å². The van der Waals surface area contributed by atoms with Crippen molar-refractivity contribution in [2.75, 3.05) is 44.7 Å². The van der Waals surface area contributed by atoms with Gasteiger partial charge in [-0.15, -0.1) is 0 Å². The van der Waals surface area contributed by atoms with Crippen LogP contribution in [0, 0.1) is 5.92 Å². The number of β-amino-alcohol motifs (C(OH)–C–C–N with tert-alkyl or cyclic N) is 1. The number of aliphatic hydroxyl groups excluding tert-OH is 1. The predicted molar refractivity (Wildman–Crippen MR) is 80.9 cm³/mol. The molecular formula is C15H26N4O. The van der Waals surface area contributed by atoms with E-state index in [0.717, 1.165) is 38.5 Å². The Morgan fingerprint density at radius 3 is 2.80 bits per heavy atom. The van der Waals surface area contributed by atoms with Crippen LogP contribution in [0.4, 0.5) is 5.95 Å². The normalized spacial score (nSPS) is 20.1. The highest BCUT2D eigenvalue weighted by atomic mass is 16.3. The summed E-state index contributed by atoms with van der Waals surface area (Å²) in [7, 11) is 2.06. The molecule has 1 aromatic rings. The molecule has 1 aliphatic rings. The van der Waals surface area contributed by atoms with Crippen molar-refractivity contribution in [1.29, 1.82) is 0 Å². The van der Waals surface area contributed by atoms with Gasteiger partial charge in [0.15, 0.2) is 0 Å². The van der Waals surface area contributed by atoms with Crippen molar-refractivity contribution in [3.8, 4) is 0 Å². The summed E-state index contributed by atoms with van der Waals surface area (Å²) < 4.78 is 0. The van der Waals surface area contributed by atoms with Gasteiger partial charge in [0.05, 0.1) is 6.61 Å². The maximum absolute atomic E-state index is 9.04. The molecule has 0 unspecified atom stereocenters. The Morgan fingerprint density at radius 1 is 1.40 bits per heavy atom.